The van der Waals surface area contributed by atoms with E-state index in [9.17, 15) is 10.2 Å². The predicted octanol–water partition coefficient (Wildman–Crippen LogP) is -0.254. The Morgan fingerprint density at radius 1 is 0.688 bits per heavy atom. The van der Waals surface area contributed by atoms with Crippen molar-refractivity contribution >= 4 is 0 Å². The van der Waals surface area contributed by atoms with E-state index < -0.39 is 11.2 Å². The molecule has 4 saturated carbocycles. The van der Waals surface area contributed by atoms with Crippen LogP contribution in [0.2, 0.25) is 0 Å². The molecule has 4 heteroatoms. The maximum atomic E-state index is 10.6. The van der Waals surface area contributed by atoms with Gasteiger partial charge in [0, 0.05) is 17.5 Å². The molecule has 4 aliphatic rings. The number of hydrogen-bond acceptors (Lipinski definition) is 4. The predicted molar refractivity (Wildman–Crippen MR) is 61.2 cm³/mol. The van der Waals surface area contributed by atoms with Crippen LogP contribution in [0.3, 0.4) is 0 Å². The Bertz CT molecular complexity index is 287. The van der Waals surface area contributed by atoms with Crippen molar-refractivity contribution in [1.29, 1.82) is 0 Å². The molecule has 4 N–H and O–H groups in total. The average Bonchev–Trinajstić information content (AvgIpc) is 2.12. The van der Waals surface area contributed by atoms with E-state index in [1.165, 1.54) is 0 Å². The molecule has 4 aliphatic carbocycles. The van der Waals surface area contributed by atoms with Crippen LogP contribution < -0.4 is 10.6 Å². The molecule has 4 fully saturated rings. The maximum absolute atomic E-state index is 10.6. The Labute approximate surface area is 96.4 Å². The van der Waals surface area contributed by atoms with Crippen molar-refractivity contribution in [2.24, 2.45) is 0 Å². The first-order valence-corrected chi connectivity index (χ1v) is 6.19. The molecule has 0 aromatic rings. The normalized spacial score (nSPS) is 59.2. The molecular weight excluding hydrogens is 204 g/mol. The zero-order chi connectivity index (χ0) is 11.7. The highest BCUT2D eigenvalue weighted by Gasteiger charge is 2.67. The molecule has 0 aromatic carbocycles. The van der Waals surface area contributed by atoms with Crippen LogP contribution in [0.15, 0.2) is 0 Å². The van der Waals surface area contributed by atoms with Crippen molar-refractivity contribution < 1.29 is 10.2 Å². The molecule has 0 atom stereocenters. The molecule has 0 amide bonds. The summed E-state index contributed by atoms with van der Waals surface area (Å²) in [7, 11) is 3.90. The molecule has 4 bridgehead atoms. The van der Waals surface area contributed by atoms with Gasteiger partial charge in [-0.3, -0.25) is 0 Å². The molecule has 0 radical (unpaired) electrons. The molecule has 0 saturated heterocycles. The molecule has 16 heavy (non-hydrogen) atoms. The van der Waals surface area contributed by atoms with Crippen molar-refractivity contribution in [3.8, 4) is 0 Å². The van der Waals surface area contributed by atoms with Crippen LogP contribution in [0.4, 0.5) is 0 Å². The largest absolute Gasteiger partial charge is 0.390 e. The van der Waals surface area contributed by atoms with E-state index in [2.05, 4.69) is 10.6 Å². The maximum Gasteiger partial charge on any atom is 0.0710 e. The van der Waals surface area contributed by atoms with Crippen LogP contribution in [0.25, 0.3) is 0 Å². The second-order valence-electron chi connectivity index (χ2n) is 6.57. The molecule has 4 nitrogen and oxygen atoms in total. The third-order valence-electron chi connectivity index (χ3n) is 5.07. The Hall–Kier alpha value is -0.160. The minimum Gasteiger partial charge on any atom is -0.390 e. The Morgan fingerprint density at radius 2 is 1.06 bits per heavy atom. The third kappa shape index (κ3) is 1.30. The molecule has 0 unspecified atom stereocenters. The standard InChI is InChI=1S/C12H22N2O2/c1-13-9-3-10(14-2)6-11(15,4-9)8-12(16,5-9)7-10/h13-16H,3-8H2,1-2H3. The molecule has 4 rings (SSSR count). The lowest BCUT2D eigenvalue weighted by Crippen LogP contribution is -2.77. The van der Waals surface area contributed by atoms with Gasteiger partial charge in [-0.2, -0.15) is 0 Å². The topological polar surface area (TPSA) is 64.5 Å². The fourth-order valence-corrected chi connectivity index (χ4v) is 5.06. The first-order valence-electron chi connectivity index (χ1n) is 6.19. The molecule has 0 spiro atoms. The highest BCUT2D eigenvalue weighted by molar-refractivity contribution is 5.24. The Kier molecular flexibility index (Phi) is 1.92. The van der Waals surface area contributed by atoms with E-state index in [4.69, 9.17) is 0 Å². The first-order chi connectivity index (χ1) is 7.36. The van der Waals surface area contributed by atoms with E-state index in [-0.39, 0.29) is 11.1 Å². The summed E-state index contributed by atoms with van der Waals surface area (Å²) in [5.41, 5.74) is -1.53. The monoisotopic (exact) mass is 226 g/mol. The fraction of sp³-hybridized carbons (Fsp3) is 1.00. The smallest absolute Gasteiger partial charge is 0.0710 e. The van der Waals surface area contributed by atoms with Gasteiger partial charge in [-0.25, -0.2) is 0 Å². The summed E-state index contributed by atoms with van der Waals surface area (Å²) in [6, 6.07) is 0. The number of aliphatic hydroxyl groups is 2. The minimum atomic E-state index is -0.685. The molecule has 92 valence electrons. The van der Waals surface area contributed by atoms with Gasteiger partial charge < -0.3 is 20.8 Å². The molecule has 0 heterocycles. The summed E-state index contributed by atoms with van der Waals surface area (Å²) in [5, 5.41) is 28.0. The van der Waals surface area contributed by atoms with Gasteiger partial charge in [-0.15, -0.1) is 0 Å². The highest BCUT2D eigenvalue weighted by atomic mass is 16.3. The van der Waals surface area contributed by atoms with Gasteiger partial charge >= 0.3 is 0 Å². The lowest BCUT2D eigenvalue weighted by Gasteiger charge is -2.67. The van der Waals surface area contributed by atoms with E-state index in [1.807, 2.05) is 14.1 Å². The van der Waals surface area contributed by atoms with Gasteiger partial charge in [0.2, 0.25) is 0 Å². The summed E-state index contributed by atoms with van der Waals surface area (Å²) >= 11 is 0. The second kappa shape index (κ2) is 2.80. The van der Waals surface area contributed by atoms with E-state index in [1.54, 1.807) is 0 Å². The summed E-state index contributed by atoms with van der Waals surface area (Å²) in [4.78, 5) is 0. The summed E-state index contributed by atoms with van der Waals surface area (Å²) in [5.74, 6) is 0. The van der Waals surface area contributed by atoms with Gasteiger partial charge in [-0.05, 0) is 46.2 Å². The van der Waals surface area contributed by atoms with Gasteiger partial charge in [0.05, 0.1) is 11.2 Å². The average molecular weight is 226 g/mol. The van der Waals surface area contributed by atoms with Gasteiger partial charge in [0.15, 0.2) is 0 Å². The van der Waals surface area contributed by atoms with Crippen molar-refractivity contribution in [2.75, 3.05) is 14.1 Å². The lowest BCUT2D eigenvalue weighted by molar-refractivity contribution is -0.222. The Balaban J connectivity index is 2.06. The highest BCUT2D eigenvalue weighted by Crippen LogP contribution is 2.60. The third-order valence-corrected chi connectivity index (χ3v) is 5.07. The van der Waals surface area contributed by atoms with Crippen molar-refractivity contribution in [3.63, 3.8) is 0 Å². The lowest BCUT2D eigenvalue weighted by atomic mass is 9.46. The second-order valence-corrected chi connectivity index (χ2v) is 6.57. The zero-order valence-corrected chi connectivity index (χ0v) is 10.1. The zero-order valence-electron chi connectivity index (χ0n) is 10.1. The van der Waals surface area contributed by atoms with E-state index in [0.717, 1.165) is 32.1 Å². The summed E-state index contributed by atoms with van der Waals surface area (Å²) in [6.45, 7) is 0. The van der Waals surface area contributed by atoms with Crippen LogP contribution in [-0.4, -0.2) is 46.6 Å². The summed E-state index contributed by atoms with van der Waals surface area (Å²) < 4.78 is 0. The van der Waals surface area contributed by atoms with E-state index in [0.29, 0.717) is 6.42 Å². The molecule has 0 aromatic heterocycles. The first kappa shape index (κ1) is 11.0. The van der Waals surface area contributed by atoms with Gasteiger partial charge in [-0.1, -0.05) is 0 Å². The van der Waals surface area contributed by atoms with Crippen LogP contribution in [0, 0.1) is 0 Å². The minimum absolute atomic E-state index is 0.0821. The fourth-order valence-electron chi connectivity index (χ4n) is 5.06. The van der Waals surface area contributed by atoms with Crippen LogP contribution >= 0.6 is 0 Å². The number of nitrogens with one attached hydrogen (secondary N) is 2. The van der Waals surface area contributed by atoms with E-state index >= 15 is 0 Å². The van der Waals surface area contributed by atoms with Crippen LogP contribution in [0.1, 0.15) is 38.5 Å². The SMILES string of the molecule is CNC12CC3(O)CC(O)(C1)CC(NC)(C3)C2. The van der Waals surface area contributed by atoms with Crippen molar-refractivity contribution in [2.45, 2.75) is 60.8 Å². The quantitative estimate of drug-likeness (QED) is 0.524. The van der Waals surface area contributed by atoms with Crippen molar-refractivity contribution in [3.05, 3.63) is 0 Å². The molecular formula is C12H22N2O2. The van der Waals surface area contributed by atoms with Gasteiger partial charge in [0.1, 0.15) is 0 Å². The number of rotatable bonds is 2. The van der Waals surface area contributed by atoms with Crippen LogP contribution in [0.5, 0.6) is 0 Å². The molecule has 0 aliphatic heterocycles. The van der Waals surface area contributed by atoms with Crippen molar-refractivity contribution in [1.82, 2.24) is 10.6 Å². The van der Waals surface area contributed by atoms with Gasteiger partial charge in [0.25, 0.3) is 0 Å². The van der Waals surface area contributed by atoms with Crippen LogP contribution in [-0.2, 0) is 0 Å². The summed E-state index contributed by atoms with van der Waals surface area (Å²) in [6.07, 6.45) is 4.68. The number of hydrogen-bond donors (Lipinski definition) is 4. The Morgan fingerprint density at radius 3 is 1.38 bits per heavy atom.